The van der Waals surface area contributed by atoms with E-state index in [-0.39, 0.29) is 11.3 Å². The van der Waals surface area contributed by atoms with E-state index < -0.39 is 17.7 Å². The Balaban J connectivity index is 1.76. The third kappa shape index (κ3) is 4.50. The number of ketones is 1. The van der Waals surface area contributed by atoms with Gasteiger partial charge in [-0.15, -0.1) is 0 Å². The second kappa shape index (κ2) is 10.2. The number of imidazole rings is 1. The van der Waals surface area contributed by atoms with Crippen molar-refractivity contribution in [3.8, 4) is 11.5 Å². The number of carbonyl (C=O) groups excluding carboxylic acids is 2. The van der Waals surface area contributed by atoms with Gasteiger partial charge >= 0.3 is 0 Å². The Kier molecular flexibility index (Phi) is 6.91. The number of benzene rings is 1. The van der Waals surface area contributed by atoms with Crippen LogP contribution in [0.5, 0.6) is 11.5 Å². The van der Waals surface area contributed by atoms with Crippen LogP contribution in [0.2, 0.25) is 0 Å². The van der Waals surface area contributed by atoms with E-state index in [0.717, 1.165) is 0 Å². The number of amides is 1. The molecule has 9 nitrogen and oxygen atoms in total. The predicted molar refractivity (Wildman–Crippen MR) is 124 cm³/mol. The zero-order valence-electron chi connectivity index (χ0n) is 19.0. The predicted octanol–water partition coefficient (Wildman–Crippen LogP) is 3.20. The zero-order valence-corrected chi connectivity index (χ0v) is 19.0. The van der Waals surface area contributed by atoms with Crippen LogP contribution in [0.15, 0.2) is 67.0 Å². The molecule has 0 spiro atoms. The lowest BCUT2D eigenvalue weighted by Crippen LogP contribution is -2.31. The van der Waals surface area contributed by atoms with E-state index in [1.807, 2.05) is 17.7 Å². The summed E-state index contributed by atoms with van der Waals surface area (Å²) in [5.74, 6) is -0.586. The van der Waals surface area contributed by atoms with Gasteiger partial charge in [-0.2, -0.15) is 0 Å². The van der Waals surface area contributed by atoms with Crippen molar-refractivity contribution in [2.75, 3.05) is 20.3 Å². The van der Waals surface area contributed by atoms with Crippen molar-refractivity contribution in [1.82, 2.24) is 19.4 Å². The Morgan fingerprint density at radius 1 is 1.06 bits per heavy atom. The Morgan fingerprint density at radius 2 is 1.85 bits per heavy atom. The fourth-order valence-electron chi connectivity index (χ4n) is 4.09. The van der Waals surface area contributed by atoms with Gasteiger partial charge in [0.15, 0.2) is 11.5 Å². The maximum atomic E-state index is 13.1. The SMILES string of the molecule is CCOc1ccc(C2/C(=C(\O)c3ccncc3)C(=O)C(=O)N2CCCn2ccnc2)cc1OC. The molecular weight excluding hydrogens is 436 g/mol. The number of pyridine rings is 1. The van der Waals surface area contributed by atoms with Crippen LogP contribution in [-0.4, -0.2) is 56.5 Å². The van der Waals surface area contributed by atoms with Gasteiger partial charge in [-0.3, -0.25) is 14.6 Å². The van der Waals surface area contributed by atoms with Crippen LogP contribution in [0.25, 0.3) is 5.76 Å². The van der Waals surface area contributed by atoms with Gasteiger partial charge in [0.05, 0.1) is 31.7 Å². The molecule has 1 N–H and O–H groups in total. The zero-order chi connectivity index (χ0) is 24.1. The number of aryl methyl sites for hydroxylation is 1. The topological polar surface area (TPSA) is 107 Å². The summed E-state index contributed by atoms with van der Waals surface area (Å²) in [6.07, 6.45) is 8.87. The lowest BCUT2D eigenvalue weighted by atomic mass is 9.95. The number of rotatable bonds is 9. The summed E-state index contributed by atoms with van der Waals surface area (Å²) in [6, 6.07) is 7.68. The fraction of sp³-hybridized carbons (Fsp3) is 0.280. The standard InChI is InChI=1S/C25H26N4O5/c1-3-34-19-6-5-18(15-20(19)33-2)22-21(23(30)17-7-9-26-10-8-17)24(31)25(32)29(22)13-4-12-28-14-11-27-16-28/h5-11,14-16,22,30H,3-4,12-13H2,1-2H3/b23-21+. The molecule has 1 aromatic carbocycles. The second-order valence-electron chi connectivity index (χ2n) is 7.73. The normalized spacial score (nSPS) is 17.2. The molecule has 0 bridgehead atoms. The quantitative estimate of drug-likeness (QED) is 0.296. The monoisotopic (exact) mass is 462 g/mol. The molecule has 34 heavy (non-hydrogen) atoms. The van der Waals surface area contributed by atoms with E-state index in [4.69, 9.17) is 9.47 Å². The Bertz CT molecular complexity index is 1190. The van der Waals surface area contributed by atoms with Crippen LogP contribution >= 0.6 is 0 Å². The molecule has 1 aliphatic rings. The first kappa shape index (κ1) is 23.0. The van der Waals surface area contributed by atoms with E-state index in [9.17, 15) is 14.7 Å². The minimum atomic E-state index is -0.777. The smallest absolute Gasteiger partial charge is 0.295 e. The van der Waals surface area contributed by atoms with Crippen LogP contribution in [0.3, 0.4) is 0 Å². The molecule has 0 saturated carbocycles. The highest BCUT2D eigenvalue weighted by atomic mass is 16.5. The fourth-order valence-corrected chi connectivity index (χ4v) is 4.09. The van der Waals surface area contributed by atoms with Gasteiger partial charge in [0, 0.05) is 43.4 Å². The van der Waals surface area contributed by atoms with Gasteiger partial charge in [0.1, 0.15) is 5.76 Å². The summed E-state index contributed by atoms with van der Waals surface area (Å²) in [7, 11) is 1.53. The third-order valence-corrected chi connectivity index (χ3v) is 5.67. The number of aromatic nitrogens is 3. The van der Waals surface area contributed by atoms with Crippen molar-refractivity contribution in [3.05, 3.63) is 78.1 Å². The van der Waals surface area contributed by atoms with Crippen LogP contribution in [0.1, 0.15) is 30.5 Å². The summed E-state index contributed by atoms with van der Waals surface area (Å²) in [5, 5.41) is 11.1. The molecule has 3 heterocycles. The van der Waals surface area contributed by atoms with Gasteiger partial charge in [-0.25, -0.2) is 4.98 Å². The van der Waals surface area contributed by atoms with Crippen molar-refractivity contribution in [2.45, 2.75) is 25.9 Å². The third-order valence-electron chi connectivity index (χ3n) is 5.67. The number of aliphatic hydroxyl groups excluding tert-OH is 1. The van der Waals surface area contributed by atoms with Gasteiger partial charge in [-0.05, 0) is 43.2 Å². The highest BCUT2D eigenvalue weighted by molar-refractivity contribution is 6.46. The first-order valence-corrected chi connectivity index (χ1v) is 11.0. The number of carbonyl (C=O) groups is 2. The number of ether oxygens (including phenoxy) is 2. The van der Waals surface area contributed by atoms with Gasteiger partial charge in [0.2, 0.25) is 0 Å². The molecule has 176 valence electrons. The maximum absolute atomic E-state index is 13.1. The van der Waals surface area contributed by atoms with E-state index >= 15 is 0 Å². The van der Waals surface area contributed by atoms with E-state index in [0.29, 0.717) is 48.7 Å². The average molecular weight is 463 g/mol. The van der Waals surface area contributed by atoms with E-state index in [2.05, 4.69) is 9.97 Å². The number of hydrogen-bond acceptors (Lipinski definition) is 7. The number of Topliss-reactive ketones (excluding diaryl/α,β-unsaturated/α-hetero) is 1. The van der Waals surface area contributed by atoms with Crippen molar-refractivity contribution in [1.29, 1.82) is 0 Å². The molecule has 1 atom stereocenters. The summed E-state index contributed by atoms with van der Waals surface area (Å²) in [6.45, 7) is 3.28. The van der Waals surface area contributed by atoms with Crippen molar-refractivity contribution < 1.29 is 24.2 Å². The van der Waals surface area contributed by atoms with E-state index in [1.165, 1.54) is 24.4 Å². The molecule has 2 aromatic heterocycles. The first-order valence-electron chi connectivity index (χ1n) is 11.0. The Labute approximate surface area is 197 Å². The number of aliphatic hydroxyl groups is 1. The minimum absolute atomic E-state index is 0.0324. The molecule has 1 aliphatic heterocycles. The van der Waals surface area contributed by atoms with Crippen LogP contribution in [0, 0.1) is 0 Å². The molecule has 1 saturated heterocycles. The number of hydrogen-bond donors (Lipinski definition) is 1. The highest BCUT2D eigenvalue weighted by Crippen LogP contribution is 2.42. The summed E-state index contributed by atoms with van der Waals surface area (Å²) >= 11 is 0. The van der Waals surface area contributed by atoms with Gasteiger partial charge in [-0.1, -0.05) is 6.07 Å². The number of likely N-dealkylation sites (tertiary alicyclic amines) is 1. The molecule has 9 heteroatoms. The van der Waals surface area contributed by atoms with Crippen molar-refractivity contribution >= 4 is 17.4 Å². The Morgan fingerprint density at radius 3 is 2.53 bits per heavy atom. The highest BCUT2D eigenvalue weighted by Gasteiger charge is 2.46. The second-order valence-corrected chi connectivity index (χ2v) is 7.73. The maximum Gasteiger partial charge on any atom is 0.295 e. The molecular formula is C25H26N4O5. The minimum Gasteiger partial charge on any atom is -0.507 e. The van der Waals surface area contributed by atoms with Crippen LogP contribution < -0.4 is 9.47 Å². The molecule has 1 amide bonds. The Hall–Kier alpha value is -4.14. The van der Waals surface area contributed by atoms with E-state index in [1.54, 1.807) is 42.9 Å². The lowest BCUT2D eigenvalue weighted by Gasteiger charge is -2.26. The van der Waals surface area contributed by atoms with Crippen LogP contribution in [0.4, 0.5) is 0 Å². The summed E-state index contributed by atoms with van der Waals surface area (Å²) < 4.78 is 13.0. The summed E-state index contributed by atoms with van der Waals surface area (Å²) in [5.41, 5.74) is 1.08. The molecule has 3 aromatic rings. The molecule has 0 aliphatic carbocycles. The van der Waals surface area contributed by atoms with Crippen LogP contribution in [-0.2, 0) is 16.1 Å². The van der Waals surface area contributed by atoms with Gasteiger partial charge in [0.25, 0.3) is 11.7 Å². The number of nitrogens with zero attached hydrogens (tertiary/aromatic N) is 4. The number of methoxy groups -OCH3 is 1. The van der Waals surface area contributed by atoms with Crippen molar-refractivity contribution in [3.63, 3.8) is 0 Å². The molecule has 1 fully saturated rings. The van der Waals surface area contributed by atoms with Crippen molar-refractivity contribution in [2.24, 2.45) is 0 Å². The molecule has 4 rings (SSSR count). The first-order chi connectivity index (χ1) is 16.5. The molecule has 1 unspecified atom stereocenters. The van der Waals surface area contributed by atoms with Gasteiger partial charge < -0.3 is 24.0 Å². The largest absolute Gasteiger partial charge is 0.507 e. The lowest BCUT2D eigenvalue weighted by molar-refractivity contribution is -0.139. The average Bonchev–Trinajstić information content (AvgIpc) is 3.47. The summed E-state index contributed by atoms with van der Waals surface area (Å²) in [4.78, 5) is 35.7. The molecule has 0 radical (unpaired) electrons.